The van der Waals surface area contributed by atoms with Gasteiger partial charge in [-0.1, -0.05) is 202 Å². The van der Waals surface area contributed by atoms with Crippen LogP contribution in [0.25, 0.3) is 39.7 Å². The van der Waals surface area contributed by atoms with E-state index < -0.39 is 10.8 Å². The average molecular weight is 1020 g/mol. The van der Waals surface area contributed by atoms with Crippen LogP contribution in [0.1, 0.15) is 197 Å². The molecule has 0 bridgehead atoms. The largest absolute Gasteiger partial charge is 0.143 e. The number of hydrogen-bond donors (Lipinski definition) is 0. The molecule has 0 nitrogen and oxygen atoms in total. The number of aryl methyl sites for hydroxylation is 4. The summed E-state index contributed by atoms with van der Waals surface area (Å²) < 4.78 is 5.73. The molecule has 0 radical (unpaired) electrons. The molecule has 72 heavy (non-hydrogen) atoms. The van der Waals surface area contributed by atoms with Crippen LogP contribution >= 0.6 is 45.3 Å². The lowest BCUT2D eigenvalue weighted by Crippen LogP contribution is -2.30. The van der Waals surface area contributed by atoms with E-state index >= 15 is 0 Å². The molecule has 0 aliphatic heterocycles. The Morgan fingerprint density at radius 1 is 0.333 bits per heavy atom. The summed E-state index contributed by atoms with van der Waals surface area (Å²) in [4.78, 5) is 2.91. The van der Waals surface area contributed by atoms with Crippen LogP contribution in [0, 0.1) is 0 Å². The van der Waals surface area contributed by atoms with E-state index in [4.69, 9.17) is 0 Å². The predicted molar refractivity (Wildman–Crippen MR) is 319 cm³/mol. The molecule has 0 unspecified atom stereocenters. The van der Waals surface area contributed by atoms with Crippen molar-refractivity contribution in [3.63, 3.8) is 0 Å². The molecular weight excluding hydrogens is 945 g/mol. The second-order valence-electron chi connectivity index (χ2n) is 21.3. The van der Waals surface area contributed by atoms with E-state index in [1.165, 1.54) is 209 Å². The van der Waals surface area contributed by atoms with Gasteiger partial charge in [0.1, 0.15) is 0 Å². The number of thiophene rings is 4. The summed E-state index contributed by atoms with van der Waals surface area (Å²) in [5, 5.41) is 4.68. The Labute approximate surface area is 447 Å². The first-order valence-electron chi connectivity index (χ1n) is 28.1. The maximum absolute atomic E-state index is 2.74. The van der Waals surface area contributed by atoms with Crippen molar-refractivity contribution >= 4 is 64.1 Å². The van der Waals surface area contributed by atoms with E-state index in [9.17, 15) is 0 Å². The highest BCUT2D eigenvalue weighted by Crippen LogP contribution is 2.67. The number of unbranched alkanes of at least 4 members (excludes halogenated alkanes) is 12. The molecule has 0 saturated carbocycles. The summed E-state index contributed by atoms with van der Waals surface area (Å²) in [6.07, 6.45) is 25.1. The fourth-order valence-electron chi connectivity index (χ4n) is 12.8. The highest BCUT2D eigenvalue weighted by atomic mass is 32.1. The third kappa shape index (κ3) is 8.82. The van der Waals surface area contributed by atoms with E-state index in [1.807, 2.05) is 45.3 Å². The van der Waals surface area contributed by atoms with Crippen LogP contribution in [-0.4, -0.2) is 0 Å². The molecule has 0 atom stereocenters. The number of hydrogen-bond acceptors (Lipinski definition) is 4. The van der Waals surface area contributed by atoms with Gasteiger partial charge < -0.3 is 0 Å². The monoisotopic (exact) mass is 1020 g/mol. The maximum Gasteiger partial charge on any atom is 0.0736 e. The van der Waals surface area contributed by atoms with E-state index in [-0.39, 0.29) is 0 Å². The molecule has 9 aromatic rings. The van der Waals surface area contributed by atoms with Crippen molar-refractivity contribution in [2.45, 2.75) is 167 Å². The lowest BCUT2D eigenvalue weighted by Gasteiger charge is -2.36. The van der Waals surface area contributed by atoms with Crippen LogP contribution < -0.4 is 0 Å². The van der Waals surface area contributed by atoms with Gasteiger partial charge in [-0.3, -0.25) is 0 Å². The SMILES string of the molecule is CCCCCCc1ccc(C2(c3ccc(CCCCCC)cc3)c3cc4c(cc3-c3sc5ccsc5c32)C(c2ccc(CCCCCC)cc2)(c2ccc(CCCCCC)cc2)c2c-4sc3ccsc23)cc1. The molecule has 0 spiro atoms. The maximum atomic E-state index is 2.74. The highest BCUT2D eigenvalue weighted by molar-refractivity contribution is 7.30. The third-order valence-electron chi connectivity index (χ3n) is 16.6. The summed E-state index contributed by atoms with van der Waals surface area (Å²) in [6, 6.07) is 50.3. The van der Waals surface area contributed by atoms with Crippen molar-refractivity contribution in [2.24, 2.45) is 0 Å². The van der Waals surface area contributed by atoms with Crippen molar-refractivity contribution in [1.29, 1.82) is 0 Å². The summed E-state index contributed by atoms with van der Waals surface area (Å²) in [5.41, 5.74) is 19.2. The lowest BCUT2D eigenvalue weighted by atomic mass is 9.65. The van der Waals surface area contributed by atoms with Gasteiger partial charge in [-0.25, -0.2) is 0 Å². The van der Waals surface area contributed by atoms with Crippen LogP contribution in [0.4, 0.5) is 0 Å². The highest BCUT2D eigenvalue weighted by Gasteiger charge is 2.54. The third-order valence-corrected chi connectivity index (χ3v) is 21.1. The van der Waals surface area contributed by atoms with Gasteiger partial charge in [0, 0.05) is 30.3 Å². The standard InChI is InChI=1S/C68H74S4/c1-5-9-13-17-21-47-25-33-51(34-26-47)67(52-35-27-48(28-36-52)22-18-14-10-6-2)57-45-56-58(46-55(57)63-61(67)65-59(71-63)41-43-69-65)68(62-64(56)72-60-42-44-70-66(60)62,53-37-29-49(30-38-53)23-19-15-11-7-3)54-39-31-50(32-40-54)24-20-16-12-8-4/h25-46H,5-24H2,1-4H3. The first kappa shape index (κ1) is 49.6. The second kappa shape index (κ2) is 22.1. The van der Waals surface area contributed by atoms with Crippen molar-refractivity contribution in [2.75, 3.05) is 0 Å². The molecule has 2 aliphatic rings. The minimum Gasteiger partial charge on any atom is -0.143 e. The Morgan fingerprint density at radius 3 is 0.903 bits per heavy atom. The molecular formula is C68H74S4. The Balaban J connectivity index is 1.15. The number of benzene rings is 5. The minimum absolute atomic E-state index is 0.469. The zero-order chi connectivity index (χ0) is 49.1. The van der Waals surface area contributed by atoms with Crippen LogP contribution in [0.5, 0.6) is 0 Å². The van der Waals surface area contributed by atoms with Gasteiger partial charge in [0.05, 0.1) is 20.2 Å². The average Bonchev–Trinajstić information content (AvgIpc) is 4.28. The minimum atomic E-state index is -0.469. The van der Waals surface area contributed by atoms with Crippen LogP contribution in [0.2, 0.25) is 0 Å². The fraction of sp³-hybridized carbons (Fsp3) is 0.382. The number of rotatable bonds is 24. The first-order valence-corrected chi connectivity index (χ1v) is 31.5. The van der Waals surface area contributed by atoms with Crippen molar-refractivity contribution < 1.29 is 0 Å². The molecule has 11 rings (SSSR count). The Bertz CT molecular complexity index is 2890. The van der Waals surface area contributed by atoms with E-state index in [2.05, 4.69) is 160 Å². The van der Waals surface area contributed by atoms with E-state index in [1.54, 1.807) is 0 Å². The molecule has 0 fully saturated rings. The van der Waals surface area contributed by atoms with Gasteiger partial charge in [0.2, 0.25) is 0 Å². The molecule has 2 aliphatic carbocycles. The van der Waals surface area contributed by atoms with Crippen LogP contribution in [0.15, 0.2) is 132 Å². The molecule has 4 aromatic heterocycles. The quantitative estimate of drug-likeness (QED) is 0.0529. The Kier molecular flexibility index (Phi) is 15.2. The molecule has 5 aromatic carbocycles. The fourth-order valence-corrected chi connectivity index (χ4v) is 17.8. The van der Waals surface area contributed by atoms with Gasteiger partial charge in [0.15, 0.2) is 0 Å². The van der Waals surface area contributed by atoms with Crippen molar-refractivity contribution in [3.8, 4) is 20.9 Å². The van der Waals surface area contributed by atoms with Gasteiger partial charge in [-0.05, 0) is 153 Å². The van der Waals surface area contributed by atoms with Crippen molar-refractivity contribution in [1.82, 2.24) is 0 Å². The zero-order valence-electron chi connectivity index (χ0n) is 43.5. The second-order valence-corrected chi connectivity index (χ2v) is 25.3. The molecule has 4 heteroatoms. The summed E-state index contributed by atoms with van der Waals surface area (Å²) in [6.45, 7) is 9.25. The molecule has 0 saturated heterocycles. The Morgan fingerprint density at radius 2 is 0.625 bits per heavy atom. The molecule has 0 N–H and O–H groups in total. The Hall–Kier alpha value is -4.58. The zero-order valence-corrected chi connectivity index (χ0v) is 46.7. The van der Waals surface area contributed by atoms with Gasteiger partial charge in [-0.15, -0.1) is 45.3 Å². The first-order chi connectivity index (χ1) is 35.5. The number of fused-ring (bicyclic) bond motifs is 10. The smallest absolute Gasteiger partial charge is 0.0736 e. The van der Waals surface area contributed by atoms with Gasteiger partial charge >= 0.3 is 0 Å². The topological polar surface area (TPSA) is 0 Å². The predicted octanol–water partition coefficient (Wildman–Crippen LogP) is 21.5. The van der Waals surface area contributed by atoms with E-state index in [0.717, 1.165) is 25.7 Å². The van der Waals surface area contributed by atoms with Crippen LogP contribution in [0.3, 0.4) is 0 Å². The van der Waals surface area contributed by atoms with Gasteiger partial charge in [0.25, 0.3) is 0 Å². The summed E-state index contributed by atoms with van der Waals surface area (Å²) in [7, 11) is 0. The summed E-state index contributed by atoms with van der Waals surface area (Å²) >= 11 is 7.96. The molecule has 4 heterocycles. The van der Waals surface area contributed by atoms with Crippen molar-refractivity contribution in [3.05, 3.63) is 199 Å². The lowest BCUT2D eigenvalue weighted by molar-refractivity contribution is 0.666. The van der Waals surface area contributed by atoms with Gasteiger partial charge in [-0.2, -0.15) is 0 Å². The summed E-state index contributed by atoms with van der Waals surface area (Å²) in [5.74, 6) is 0. The van der Waals surface area contributed by atoms with Crippen LogP contribution in [-0.2, 0) is 36.5 Å². The molecule has 370 valence electrons. The normalized spacial score (nSPS) is 14.1. The van der Waals surface area contributed by atoms with E-state index in [0.29, 0.717) is 0 Å². The molecule has 0 amide bonds.